The number of anilines is 1. The van der Waals surface area contributed by atoms with Gasteiger partial charge in [-0.05, 0) is 55.0 Å². The normalized spacial score (nSPS) is 10.2. The summed E-state index contributed by atoms with van der Waals surface area (Å²) < 4.78 is 19.2. The van der Waals surface area contributed by atoms with Crippen LogP contribution in [0, 0.1) is 12.7 Å². The van der Waals surface area contributed by atoms with Gasteiger partial charge in [-0.25, -0.2) is 4.39 Å². The third kappa shape index (κ3) is 4.06. The molecule has 5 heteroatoms. The van der Waals surface area contributed by atoms with Crippen LogP contribution in [0.2, 0.25) is 0 Å². The topological polar surface area (TPSA) is 38.3 Å². The molecule has 0 radical (unpaired) electrons. The molecule has 1 N–H and O–H groups in total. The second-order valence-corrected chi connectivity index (χ2v) is 5.17. The van der Waals surface area contributed by atoms with E-state index in [2.05, 4.69) is 21.2 Å². The average Bonchev–Trinajstić information content (AvgIpc) is 2.40. The highest BCUT2D eigenvalue weighted by Gasteiger charge is 2.06. The van der Waals surface area contributed by atoms with Crippen molar-refractivity contribution < 1.29 is 13.9 Å². The van der Waals surface area contributed by atoms with Gasteiger partial charge in [-0.3, -0.25) is 4.79 Å². The maximum absolute atomic E-state index is 12.9. The Labute approximate surface area is 124 Å². The van der Waals surface area contributed by atoms with Crippen LogP contribution in [0.25, 0.3) is 0 Å². The Morgan fingerprint density at radius 2 is 1.95 bits per heavy atom. The summed E-state index contributed by atoms with van der Waals surface area (Å²) in [6.45, 7) is 1.60. The molecule has 2 aromatic carbocycles. The van der Waals surface area contributed by atoms with Gasteiger partial charge in [0.05, 0.1) is 0 Å². The van der Waals surface area contributed by atoms with E-state index in [9.17, 15) is 9.18 Å². The van der Waals surface area contributed by atoms with E-state index in [1.54, 1.807) is 19.1 Å². The van der Waals surface area contributed by atoms with Gasteiger partial charge in [-0.1, -0.05) is 15.9 Å². The van der Waals surface area contributed by atoms with Crippen molar-refractivity contribution in [3.8, 4) is 5.75 Å². The summed E-state index contributed by atoms with van der Waals surface area (Å²) >= 11 is 3.32. The maximum Gasteiger partial charge on any atom is 0.262 e. The van der Waals surface area contributed by atoms with Gasteiger partial charge in [-0.2, -0.15) is 0 Å². The minimum atomic E-state index is -0.325. The van der Waals surface area contributed by atoms with Crippen LogP contribution in [-0.2, 0) is 4.79 Å². The summed E-state index contributed by atoms with van der Waals surface area (Å²) in [4.78, 5) is 11.7. The molecule has 3 nitrogen and oxygen atoms in total. The maximum atomic E-state index is 12.9. The molecule has 0 atom stereocenters. The van der Waals surface area contributed by atoms with E-state index in [0.29, 0.717) is 17.0 Å². The molecule has 0 aliphatic heterocycles. The molecule has 0 heterocycles. The number of ether oxygens (including phenoxy) is 1. The van der Waals surface area contributed by atoms with Gasteiger partial charge < -0.3 is 10.1 Å². The van der Waals surface area contributed by atoms with E-state index in [4.69, 9.17) is 4.74 Å². The molecule has 0 aliphatic carbocycles. The molecule has 0 unspecified atom stereocenters. The van der Waals surface area contributed by atoms with Crippen LogP contribution in [0.5, 0.6) is 5.75 Å². The summed E-state index contributed by atoms with van der Waals surface area (Å²) in [5, 5.41) is 2.71. The summed E-state index contributed by atoms with van der Waals surface area (Å²) in [7, 11) is 0. The zero-order chi connectivity index (χ0) is 14.5. The summed E-state index contributed by atoms with van der Waals surface area (Å²) in [6, 6.07) is 11.4. The quantitative estimate of drug-likeness (QED) is 0.918. The van der Waals surface area contributed by atoms with Crippen LogP contribution in [-0.4, -0.2) is 12.5 Å². The minimum absolute atomic E-state index is 0.122. The predicted octanol–water partition coefficient (Wildman–Crippen LogP) is 3.91. The van der Waals surface area contributed by atoms with Crippen LogP contribution in [0.3, 0.4) is 0 Å². The van der Waals surface area contributed by atoms with Crippen molar-refractivity contribution >= 4 is 27.5 Å². The molecule has 20 heavy (non-hydrogen) atoms. The molecule has 0 saturated heterocycles. The smallest absolute Gasteiger partial charge is 0.262 e. The van der Waals surface area contributed by atoms with Crippen molar-refractivity contribution in [3.05, 3.63) is 58.3 Å². The number of aryl methyl sites for hydroxylation is 1. The number of carbonyl (C=O) groups is 1. The van der Waals surface area contributed by atoms with Crippen molar-refractivity contribution in [2.24, 2.45) is 0 Å². The van der Waals surface area contributed by atoms with Crippen LogP contribution in [0.15, 0.2) is 46.9 Å². The molecule has 2 aromatic rings. The van der Waals surface area contributed by atoms with Gasteiger partial charge in [0.25, 0.3) is 5.91 Å². The number of nitrogens with one attached hydrogen (secondary N) is 1. The number of rotatable bonds is 4. The lowest BCUT2D eigenvalue weighted by atomic mass is 10.2. The van der Waals surface area contributed by atoms with E-state index in [0.717, 1.165) is 4.47 Å². The molecular formula is C15H13BrFNO2. The first-order valence-corrected chi connectivity index (χ1v) is 6.78. The average molecular weight is 338 g/mol. The Morgan fingerprint density at radius 1 is 1.25 bits per heavy atom. The van der Waals surface area contributed by atoms with Gasteiger partial charge >= 0.3 is 0 Å². The number of hydrogen-bond acceptors (Lipinski definition) is 2. The predicted molar refractivity (Wildman–Crippen MR) is 79.4 cm³/mol. The molecule has 1 amide bonds. The second-order valence-electron chi connectivity index (χ2n) is 4.25. The summed E-state index contributed by atoms with van der Waals surface area (Å²) in [5.74, 6) is -0.0948. The third-order valence-corrected chi connectivity index (χ3v) is 3.15. The van der Waals surface area contributed by atoms with Crippen molar-refractivity contribution in [2.75, 3.05) is 11.9 Å². The molecule has 104 valence electrons. The molecule has 0 saturated carbocycles. The summed E-state index contributed by atoms with van der Waals surface area (Å²) in [6.07, 6.45) is 0. The van der Waals surface area contributed by atoms with Crippen molar-refractivity contribution in [3.63, 3.8) is 0 Å². The van der Waals surface area contributed by atoms with Crippen molar-refractivity contribution in [1.29, 1.82) is 0 Å². The Balaban J connectivity index is 1.90. The zero-order valence-electron chi connectivity index (χ0n) is 10.8. The molecule has 0 fully saturated rings. The van der Waals surface area contributed by atoms with E-state index >= 15 is 0 Å². The lowest BCUT2D eigenvalue weighted by molar-refractivity contribution is -0.118. The number of hydrogen-bond donors (Lipinski definition) is 1. The third-order valence-electron chi connectivity index (χ3n) is 2.62. The van der Waals surface area contributed by atoms with Crippen molar-refractivity contribution in [2.45, 2.75) is 6.92 Å². The van der Waals surface area contributed by atoms with Crippen LogP contribution < -0.4 is 10.1 Å². The van der Waals surface area contributed by atoms with E-state index in [1.165, 1.54) is 18.2 Å². The lowest BCUT2D eigenvalue weighted by Gasteiger charge is -2.09. The highest BCUT2D eigenvalue weighted by molar-refractivity contribution is 9.10. The fraction of sp³-hybridized carbons (Fsp3) is 0.133. The van der Waals surface area contributed by atoms with E-state index in [-0.39, 0.29) is 18.3 Å². The van der Waals surface area contributed by atoms with Gasteiger partial charge in [0.15, 0.2) is 6.61 Å². The largest absolute Gasteiger partial charge is 0.483 e. The van der Waals surface area contributed by atoms with Crippen molar-refractivity contribution in [1.82, 2.24) is 0 Å². The highest BCUT2D eigenvalue weighted by atomic mass is 79.9. The summed E-state index contributed by atoms with van der Waals surface area (Å²) in [5.41, 5.74) is 1.35. The number of carbonyl (C=O) groups excluding carboxylic acids is 1. The van der Waals surface area contributed by atoms with Crippen LogP contribution >= 0.6 is 15.9 Å². The first kappa shape index (κ1) is 14.5. The SMILES string of the molecule is Cc1cc(F)ccc1OCC(=O)Nc1ccc(Br)cc1. The minimum Gasteiger partial charge on any atom is -0.483 e. The fourth-order valence-electron chi connectivity index (χ4n) is 1.65. The lowest BCUT2D eigenvalue weighted by Crippen LogP contribution is -2.20. The molecule has 0 aromatic heterocycles. The fourth-order valence-corrected chi connectivity index (χ4v) is 1.91. The molecule has 0 bridgehead atoms. The number of amides is 1. The highest BCUT2D eigenvalue weighted by Crippen LogP contribution is 2.18. The van der Waals surface area contributed by atoms with Gasteiger partial charge in [-0.15, -0.1) is 0 Å². The first-order valence-electron chi connectivity index (χ1n) is 5.99. The van der Waals surface area contributed by atoms with Gasteiger partial charge in [0.1, 0.15) is 11.6 Å². The number of halogens is 2. The molecule has 0 aliphatic rings. The Morgan fingerprint density at radius 3 is 2.60 bits per heavy atom. The number of benzene rings is 2. The Hall–Kier alpha value is -1.88. The second kappa shape index (κ2) is 6.52. The Bertz CT molecular complexity index is 614. The van der Waals surface area contributed by atoms with Gasteiger partial charge in [0.2, 0.25) is 0 Å². The first-order chi connectivity index (χ1) is 9.54. The standard InChI is InChI=1S/C15H13BrFNO2/c1-10-8-12(17)4-7-14(10)20-9-15(19)18-13-5-2-11(16)3-6-13/h2-8H,9H2,1H3,(H,18,19). The monoisotopic (exact) mass is 337 g/mol. The van der Waals surface area contributed by atoms with Gasteiger partial charge in [0, 0.05) is 10.2 Å². The van der Waals surface area contributed by atoms with Crippen LogP contribution in [0.1, 0.15) is 5.56 Å². The van der Waals surface area contributed by atoms with Crippen LogP contribution in [0.4, 0.5) is 10.1 Å². The molecule has 0 spiro atoms. The van der Waals surface area contributed by atoms with E-state index < -0.39 is 0 Å². The molecular weight excluding hydrogens is 325 g/mol. The molecule has 2 rings (SSSR count). The van der Waals surface area contributed by atoms with E-state index in [1.807, 2.05) is 12.1 Å². The Kier molecular flexibility index (Phi) is 4.74. The zero-order valence-corrected chi connectivity index (χ0v) is 12.4.